The van der Waals surface area contributed by atoms with Gasteiger partial charge in [-0.1, -0.05) is 6.07 Å². The first-order valence-electron chi connectivity index (χ1n) is 7.73. The largest absolute Gasteiger partial charge is 0.465 e. The van der Waals surface area contributed by atoms with Crippen LogP contribution in [0, 0.1) is 0 Å². The second-order valence-electron chi connectivity index (χ2n) is 5.51. The van der Waals surface area contributed by atoms with Crippen LogP contribution in [0.4, 0.5) is 0 Å². The van der Waals surface area contributed by atoms with Gasteiger partial charge in [-0.15, -0.1) is 0 Å². The molecule has 0 spiro atoms. The molecule has 7 nitrogen and oxygen atoms in total. The van der Waals surface area contributed by atoms with Crippen LogP contribution in [0.3, 0.4) is 0 Å². The molecule has 124 valence electrons. The smallest absolute Gasteiger partial charge is 0.314 e. The van der Waals surface area contributed by atoms with Crippen molar-refractivity contribution < 1.29 is 9.53 Å². The number of rotatable bonds is 5. The fourth-order valence-electron chi connectivity index (χ4n) is 2.51. The number of hydrogen-bond acceptors (Lipinski definition) is 5. The van der Waals surface area contributed by atoms with E-state index in [9.17, 15) is 9.59 Å². The number of carbonyl (C=O) groups excluding carboxylic acids is 1. The van der Waals surface area contributed by atoms with Crippen molar-refractivity contribution in [2.75, 3.05) is 6.61 Å². The van der Waals surface area contributed by atoms with E-state index in [0.717, 1.165) is 5.56 Å². The Labute approximate surface area is 138 Å². The number of H-pyrrole nitrogens is 1. The molecule has 0 aliphatic carbocycles. The lowest BCUT2D eigenvalue weighted by Gasteiger charge is -2.10. The van der Waals surface area contributed by atoms with Crippen molar-refractivity contribution >= 4 is 17.0 Å². The van der Waals surface area contributed by atoms with E-state index >= 15 is 0 Å². The third-order valence-electron chi connectivity index (χ3n) is 3.76. The summed E-state index contributed by atoms with van der Waals surface area (Å²) in [6.45, 7) is 4.27. The van der Waals surface area contributed by atoms with Gasteiger partial charge in [0.05, 0.1) is 24.0 Å². The summed E-state index contributed by atoms with van der Waals surface area (Å²) in [5, 5.41) is 0. The Bertz CT molecular complexity index is 915. The molecule has 2 heterocycles. The van der Waals surface area contributed by atoms with Crippen LogP contribution >= 0.6 is 0 Å². The summed E-state index contributed by atoms with van der Waals surface area (Å²) in [4.78, 5) is 35.3. The first-order valence-corrected chi connectivity index (χ1v) is 7.73. The summed E-state index contributed by atoms with van der Waals surface area (Å²) < 4.78 is 6.90. The van der Waals surface area contributed by atoms with E-state index in [-0.39, 0.29) is 17.9 Å². The van der Waals surface area contributed by atoms with E-state index in [1.165, 1.54) is 0 Å². The summed E-state index contributed by atoms with van der Waals surface area (Å²) in [5.41, 5.74) is 2.09. The monoisotopic (exact) mass is 326 g/mol. The van der Waals surface area contributed by atoms with Crippen molar-refractivity contribution in [2.24, 2.45) is 0 Å². The number of carbonyl (C=O) groups is 1. The zero-order chi connectivity index (χ0) is 17.1. The van der Waals surface area contributed by atoms with Crippen LogP contribution in [0.2, 0.25) is 0 Å². The second kappa shape index (κ2) is 6.66. The number of nitrogens with zero attached hydrogens (tertiary/aromatic N) is 3. The van der Waals surface area contributed by atoms with Crippen LogP contribution in [0.1, 0.15) is 31.0 Å². The molecule has 0 saturated carbocycles. The molecular weight excluding hydrogens is 308 g/mol. The summed E-state index contributed by atoms with van der Waals surface area (Å²) in [6.07, 6.45) is 5.32. The van der Waals surface area contributed by atoms with Crippen LogP contribution in [0.25, 0.3) is 11.0 Å². The number of imidazole rings is 1. The molecule has 0 saturated heterocycles. The lowest BCUT2D eigenvalue weighted by atomic mass is 10.1. The lowest BCUT2D eigenvalue weighted by molar-refractivity contribution is -0.144. The van der Waals surface area contributed by atoms with Gasteiger partial charge in [-0.3, -0.25) is 9.59 Å². The van der Waals surface area contributed by atoms with Gasteiger partial charge >= 0.3 is 5.97 Å². The minimum absolute atomic E-state index is 0.170. The maximum Gasteiger partial charge on any atom is 0.314 e. The third-order valence-corrected chi connectivity index (χ3v) is 3.76. The minimum Gasteiger partial charge on any atom is -0.465 e. The number of nitrogens with one attached hydrogen (secondary N) is 1. The standard InChI is InChI=1S/C17H18N4O3/c1-3-24-17(23)11(2)15-16(22)20-14-8-12(4-5-13(14)19-15)9-21-7-6-18-10-21/h4-8,10-11H,3,9H2,1-2H3,(H,20,22). The van der Waals surface area contributed by atoms with Gasteiger partial charge in [0.15, 0.2) is 0 Å². The highest BCUT2D eigenvalue weighted by Gasteiger charge is 2.21. The lowest BCUT2D eigenvalue weighted by Crippen LogP contribution is -2.23. The van der Waals surface area contributed by atoms with E-state index in [1.54, 1.807) is 26.4 Å². The molecule has 1 unspecified atom stereocenters. The van der Waals surface area contributed by atoms with Gasteiger partial charge in [0.2, 0.25) is 0 Å². The van der Waals surface area contributed by atoms with Gasteiger partial charge in [-0.05, 0) is 31.5 Å². The molecule has 3 rings (SSSR count). The van der Waals surface area contributed by atoms with Crippen LogP contribution in [-0.4, -0.2) is 32.1 Å². The Morgan fingerprint density at radius 2 is 2.25 bits per heavy atom. The molecule has 2 aromatic heterocycles. The minimum atomic E-state index is -0.705. The summed E-state index contributed by atoms with van der Waals surface area (Å²) in [7, 11) is 0. The maximum atomic E-state index is 12.3. The van der Waals surface area contributed by atoms with Crippen molar-refractivity contribution in [3.63, 3.8) is 0 Å². The molecule has 1 N–H and O–H groups in total. The molecule has 1 atom stereocenters. The maximum absolute atomic E-state index is 12.3. The SMILES string of the molecule is CCOC(=O)C(C)c1nc2ccc(Cn3ccnc3)cc2[nH]c1=O. The summed E-state index contributed by atoms with van der Waals surface area (Å²) in [6, 6.07) is 5.65. The van der Waals surface area contributed by atoms with Crippen molar-refractivity contribution in [2.45, 2.75) is 26.3 Å². The molecule has 3 aromatic rings. The first kappa shape index (κ1) is 15.9. The average molecular weight is 326 g/mol. The Hall–Kier alpha value is -2.96. The highest BCUT2D eigenvalue weighted by molar-refractivity contribution is 5.79. The molecule has 7 heteroatoms. The Morgan fingerprint density at radius 3 is 2.96 bits per heavy atom. The molecular formula is C17H18N4O3. The zero-order valence-corrected chi connectivity index (χ0v) is 13.5. The molecule has 24 heavy (non-hydrogen) atoms. The van der Waals surface area contributed by atoms with Crippen LogP contribution < -0.4 is 5.56 Å². The first-order chi connectivity index (χ1) is 11.6. The molecule has 0 radical (unpaired) electrons. The predicted molar refractivity (Wildman–Crippen MR) is 88.7 cm³/mol. The van der Waals surface area contributed by atoms with Crippen molar-refractivity contribution in [3.05, 3.63) is 58.5 Å². The fraction of sp³-hybridized carbons (Fsp3) is 0.294. The molecule has 0 bridgehead atoms. The van der Waals surface area contributed by atoms with Gasteiger partial charge in [0, 0.05) is 18.9 Å². The number of hydrogen-bond donors (Lipinski definition) is 1. The van der Waals surface area contributed by atoms with Gasteiger partial charge in [-0.2, -0.15) is 0 Å². The van der Waals surface area contributed by atoms with Crippen molar-refractivity contribution in [1.82, 2.24) is 19.5 Å². The average Bonchev–Trinajstić information content (AvgIpc) is 3.06. The van der Waals surface area contributed by atoms with E-state index in [2.05, 4.69) is 15.0 Å². The van der Waals surface area contributed by atoms with Crippen molar-refractivity contribution in [3.8, 4) is 0 Å². The highest BCUT2D eigenvalue weighted by Crippen LogP contribution is 2.16. The fourth-order valence-corrected chi connectivity index (χ4v) is 2.51. The van der Waals surface area contributed by atoms with Crippen molar-refractivity contribution in [1.29, 1.82) is 0 Å². The Balaban J connectivity index is 1.94. The molecule has 1 aromatic carbocycles. The molecule has 0 amide bonds. The molecule has 0 aliphatic heterocycles. The van der Waals surface area contributed by atoms with E-state index in [1.807, 2.05) is 29.0 Å². The topological polar surface area (TPSA) is 89.9 Å². The normalized spacial score (nSPS) is 12.2. The van der Waals surface area contributed by atoms with Crippen LogP contribution in [0.5, 0.6) is 0 Å². The predicted octanol–water partition coefficient (Wildman–Crippen LogP) is 1.83. The Kier molecular flexibility index (Phi) is 4.41. The van der Waals surface area contributed by atoms with Crippen LogP contribution in [-0.2, 0) is 16.1 Å². The van der Waals surface area contributed by atoms with Gasteiger partial charge in [-0.25, -0.2) is 9.97 Å². The number of esters is 1. The number of benzene rings is 1. The molecule has 0 fully saturated rings. The summed E-state index contributed by atoms with van der Waals surface area (Å²) in [5.74, 6) is -1.16. The Morgan fingerprint density at radius 1 is 1.42 bits per heavy atom. The quantitative estimate of drug-likeness (QED) is 0.723. The zero-order valence-electron chi connectivity index (χ0n) is 13.5. The van der Waals surface area contributed by atoms with E-state index < -0.39 is 11.9 Å². The van der Waals surface area contributed by atoms with Gasteiger partial charge < -0.3 is 14.3 Å². The van der Waals surface area contributed by atoms with E-state index in [4.69, 9.17) is 4.74 Å². The van der Waals surface area contributed by atoms with Gasteiger partial charge in [0.1, 0.15) is 11.6 Å². The van der Waals surface area contributed by atoms with E-state index in [0.29, 0.717) is 17.6 Å². The van der Waals surface area contributed by atoms with Crippen LogP contribution in [0.15, 0.2) is 41.7 Å². The number of fused-ring (bicyclic) bond motifs is 1. The number of ether oxygens (including phenoxy) is 1. The van der Waals surface area contributed by atoms with Gasteiger partial charge in [0.25, 0.3) is 5.56 Å². The second-order valence-corrected chi connectivity index (χ2v) is 5.51. The summed E-state index contributed by atoms with van der Waals surface area (Å²) >= 11 is 0. The molecule has 0 aliphatic rings. The third kappa shape index (κ3) is 3.19. The number of aromatic amines is 1. The highest BCUT2D eigenvalue weighted by atomic mass is 16.5. The number of aromatic nitrogens is 4.